The molecule has 7 nitrogen and oxygen atoms in total. The summed E-state index contributed by atoms with van der Waals surface area (Å²) in [5.74, 6) is 0.954. The Morgan fingerprint density at radius 1 is 1.03 bits per heavy atom. The second-order valence-corrected chi connectivity index (χ2v) is 9.23. The predicted molar refractivity (Wildman–Crippen MR) is 116 cm³/mol. The quantitative estimate of drug-likeness (QED) is 0.600. The number of nitrogens with one attached hydrogen (secondary N) is 2. The van der Waals surface area contributed by atoms with Crippen molar-refractivity contribution in [3.05, 3.63) is 53.6 Å². The number of hydrogen-bond acceptors (Lipinski definition) is 5. The third kappa shape index (κ3) is 6.47. The second-order valence-electron chi connectivity index (χ2n) is 7.51. The van der Waals surface area contributed by atoms with E-state index in [0.717, 1.165) is 11.1 Å². The number of carbonyl (C=O) groups excluding carboxylic acids is 1. The number of methoxy groups -OCH3 is 2. The Kier molecular flexibility index (Phi) is 8.25. The highest BCUT2D eigenvalue weighted by atomic mass is 32.2. The number of sulfonamides is 1. The van der Waals surface area contributed by atoms with E-state index >= 15 is 0 Å². The van der Waals surface area contributed by atoms with Gasteiger partial charge in [0.15, 0.2) is 0 Å². The van der Waals surface area contributed by atoms with Crippen LogP contribution in [-0.4, -0.2) is 34.6 Å². The van der Waals surface area contributed by atoms with E-state index in [-0.39, 0.29) is 17.4 Å². The van der Waals surface area contributed by atoms with Crippen molar-refractivity contribution in [3.63, 3.8) is 0 Å². The van der Waals surface area contributed by atoms with E-state index in [1.54, 1.807) is 37.4 Å². The number of rotatable bonds is 10. The number of aryl methyl sites for hydroxylation is 1. The van der Waals surface area contributed by atoms with Crippen LogP contribution < -0.4 is 19.5 Å². The first-order valence-electron chi connectivity index (χ1n) is 9.74. The summed E-state index contributed by atoms with van der Waals surface area (Å²) in [5, 5.41) is 2.81. The molecule has 0 saturated carbocycles. The van der Waals surface area contributed by atoms with E-state index in [1.807, 2.05) is 20.8 Å². The number of carbonyl (C=O) groups is 1. The van der Waals surface area contributed by atoms with Gasteiger partial charge in [0, 0.05) is 18.2 Å². The SMILES string of the molecule is COc1ccc(CNC(=O)C(CC(C)C)NS(=O)(=O)c2ccc(C)cc2)c(OC)c1. The molecular weight excluding hydrogens is 404 g/mol. The van der Waals surface area contributed by atoms with E-state index in [2.05, 4.69) is 10.0 Å². The first kappa shape index (κ1) is 23.7. The van der Waals surface area contributed by atoms with Gasteiger partial charge in [-0.25, -0.2) is 8.42 Å². The van der Waals surface area contributed by atoms with Gasteiger partial charge in [-0.2, -0.15) is 4.72 Å². The van der Waals surface area contributed by atoms with Gasteiger partial charge in [0.1, 0.15) is 17.5 Å². The highest BCUT2D eigenvalue weighted by Crippen LogP contribution is 2.24. The van der Waals surface area contributed by atoms with Gasteiger partial charge in [-0.15, -0.1) is 0 Å². The molecule has 30 heavy (non-hydrogen) atoms. The van der Waals surface area contributed by atoms with Crippen molar-refractivity contribution >= 4 is 15.9 Å². The average Bonchev–Trinajstić information content (AvgIpc) is 2.71. The van der Waals surface area contributed by atoms with Crippen LogP contribution in [0.2, 0.25) is 0 Å². The zero-order valence-electron chi connectivity index (χ0n) is 18.1. The lowest BCUT2D eigenvalue weighted by Gasteiger charge is -2.21. The van der Waals surface area contributed by atoms with Crippen LogP contribution in [0.15, 0.2) is 47.4 Å². The van der Waals surface area contributed by atoms with Crippen molar-refractivity contribution in [2.75, 3.05) is 14.2 Å². The number of ether oxygens (including phenoxy) is 2. The Labute approximate surface area is 178 Å². The predicted octanol–water partition coefficient (Wildman–Crippen LogP) is 3.02. The number of hydrogen-bond donors (Lipinski definition) is 2. The Balaban J connectivity index is 2.14. The monoisotopic (exact) mass is 434 g/mol. The summed E-state index contributed by atoms with van der Waals surface area (Å²) in [6.45, 7) is 5.96. The normalized spacial score (nSPS) is 12.5. The van der Waals surface area contributed by atoms with Crippen LogP contribution >= 0.6 is 0 Å². The molecule has 1 amide bonds. The van der Waals surface area contributed by atoms with Crippen LogP contribution in [0, 0.1) is 12.8 Å². The first-order chi connectivity index (χ1) is 14.2. The molecule has 0 spiro atoms. The minimum absolute atomic E-state index is 0.122. The summed E-state index contributed by atoms with van der Waals surface area (Å²) >= 11 is 0. The number of amides is 1. The molecule has 2 rings (SSSR count). The summed E-state index contributed by atoms with van der Waals surface area (Å²) in [7, 11) is -0.722. The second kappa shape index (κ2) is 10.4. The Morgan fingerprint density at radius 2 is 1.70 bits per heavy atom. The average molecular weight is 435 g/mol. The molecule has 0 bridgehead atoms. The standard InChI is InChI=1S/C22H30N2O5S/c1-15(2)12-20(24-30(26,27)19-10-6-16(3)7-11-19)22(25)23-14-17-8-9-18(28-4)13-21(17)29-5/h6-11,13,15,20,24H,12,14H2,1-5H3,(H,23,25). The van der Waals surface area contributed by atoms with Gasteiger partial charge < -0.3 is 14.8 Å². The zero-order chi connectivity index (χ0) is 22.3. The van der Waals surface area contributed by atoms with Gasteiger partial charge in [0.05, 0.1) is 19.1 Å². The number of benzene rings is 2. The molecule has 0 heterocycles. The van der Waals surface area contributed by atoms with E-state index < -0.39 is 22.0 Å². The highest BCUT2D eigenvalue weighted by Gasteiger charge is 2.26. The molecule has 2 N–H and O–H groups in total. The van der Waals surface area contributed by atoms with Crippen molar-refractivity contribution in [2.24, 2.45) is 5.92 Å². The molecule has 0 fully saturated rings. The van der Waals surface area contributed by atoms with Crippen molar-refractivity contribution in [2.45, 2.75) is 44.7 Å². The third-order valence-electron chi connectivity index (χ3n) is 4.60. The van der Waals surface area contributed by atoms with Crippen LogP contribution in [0.3, 0.4) is 0 Å². The molecule has 1 unspecified atom stereocenters. The van der Waals surface area contributed by atoms with Crippen molar-refractivity contribution in [1.82, 2.24) is 10.0 Å². The van der Waals surface area contributed by atoms with Gasteiger partial charge >= 0.3 is 0 Å². The molecule has 1 atom stereocenters. The lowest BCUT2D eigenvalue weighted by molar-refractivity contribution is -0.123. The molecular formula is C22H30N2O5S. The summed E-state index contributed by atoms with van der Waals surface area (Å²) in [5.41, 5.74) is 1.72. The summed E-state index contributed by atoms with van der Waals surface area (Å²) in [6.07, 6.45) is 0.372. The van der Waals surface area contributed by atoms with E-state index in [1.165, 1.54) is 19.2 Å². The molecule has 2 aromatic carbocycles. The topological polar surface area (TPSA) is 93.7 Å². The van der Waals surface area contributed by atoms with Gasteiger partial charge in [0.2, 0.25) is 15.9 Å². The van der Waals surface area contributed by atoms with Crippen LogP contribution in [0.4, 0.5) is 0 Å². The summed E-state index contributed by atoms with van der Waals surface area (Å²) < 4.78 is 38.6. The largest absolute Gasteiger partial charge is 0.497 e. The molecule has 8 heteroatoms. The fourth-order valence-electron chi connectivity index (χ4n) is 2.96. The Hall–Kier alpha value is -2.58. The summed E-state index contributed by atoms with van der Waals surface area (Å²) in [6, 6.07) is 10.9. The van der Waals surface area contributed by atoms with Crippen LogP contribution in [0.25, 0.3) is 0 Å². The molecule has 0 aliphatic rings. The van der Waals surface area contributed by atoms with Crippen LogP contribution in [-0.2, 0) is 21.4 Å². The smallest absolute Gasteiger partial charge is 0.241 e. The molecule has 164 valence electrons. The molecule has 0 saturated heterocycles. The Bertz CT molecular complexity index is 956. The lowest BCUT2D eigenvalue weighted by Crippen LogP contribution is -2.47. The van der Waals surface area contributed by atoms with Gasteiger partial charge in [-0.05, 0) is 43.5 Å². The van der Waals surface area contributed by atoms with Gasteiger partial charge in [0.25, 0.3) is 0 Å². The molecule has 2 aromatic rings. The summed E-state index contributed by atoms with van der Waals surface area (Å²) in [4.78, 5) is 13.0. The van der Waals surface area contributed by atoms with Crippen molar-refractivity contribution in [1.29, 1.82) is 0 Å². The van der Waals surface area contributed by atoms with Gasteiger partial charge in [-0.3, -0.25) is 4.79 Å². The minimum Gasteiger partial charge on any atom is -0.497 e. The highest BCUT2D eigenvalue weighted by molar-refractivity contribution is 7.89. The zero-order valence-corrected chi connectivity index (χ0v) is 18.9. The minimum atomic E-state index is -3.82. The first-order valence-corrected chi connectivity index (χ1v) is 11.2. The maximum absolute atomic E-state index is 12.8. The lowest BCUT2D eigenvalue weighted by atomic mass is 10.0. The van der Waals surface area contributed by atoms with Crippen LogP contribution in [0.1, 0.15) is 31.4 Å². The van der Waals surface area contributed by atoms with E-state index in [0.29, 0.717) is 17.9 Å². The van der Waals surface area contributed by atoms with E-state index in [9.17, 15) is 13.2 Å². The Morgan fingerprint density at radius 3 is 2.27 bits per heavy atom. The van der Waals surface area contributed by atoms with Crippen molar-refractivity contribution < 1.29 is 22.7 Å². The maximum atomic E-state index is 12.8. The fraction of sp³-hybridized carbons (Fsp3) is 0.409. The molecule has 0 aliphatic carbocycles. The van der Waals surface area contributed by atoms with Crippen LogP contribution in [0.5, 0.6) is 11.5 Å². The maximum Gasteiger partial charge on any atom is 0.241 e. The molecule has 0 aromatic heterocycles. The van der Waals surface area contributed by atoms with Gasteiger partial charge in [-0.1, -0.05) is 31.5 Å². The van der Waals surface area contributed by atoms with Crippen molar-refractivity contribution in [3.8, 4) is 11.5 Å². The molecule has 0 radical (unpaired) electrons. The van der Waals surface area contributed by atoms with E-state index in [4.69, 9.17) is 9.47 Å². The molecule has 0 aliphatic heterocycles. The third-order valence-corrected chi connectivity index (χ3v) is 6.09. The fourth-order valence-corrected chi connectivity index (χ4v) is 4.16.